The number of nitrogens with two attached hydrogens (primary N) is 1. The molecule has 0 bridgehead atoms. The second-order valence-corrected chi connectivity index (χ2v) is 8.32. The summed E-state index contributed by atoms with van der Waals surface area (Å²) in [5.74, 6) is 0.315. The van der Waals surface area contributed by atoms with E-state index in [0.29, 0.717) is 23.6 Å². The van der Waals surface area contributed by atoms with Crippen molar-refractivity contribution in [2.75, 3.05) is 5.32 Å². The molecule has 2 aromatic carbocycles. The Balaban J connectivity index is 1.60. The summed E-state index contributed by atoms with van der Waals surface area (Å²) in [6, 6.07) is 12.3. The van der Waals surface area contributed by atoms with Gasteiger partial charge in [-0.2, -0.15) is 0 Å². The lowest BCUT2D eigenvalue weighted by molar-refractivity contribution is 0.102. The summed E-state index contributed by atoms with van der Waals surface area (Å²) >= 11 is 1.56. The monoisotopic (exact) mass is 403 g/mol. The number of rotatable bonds is 6. The molecule has 0 aliphatic heterocycles. The zero-order valence-corrected chi connectivity index (χ0v) is 16.0. The van der Waals surface area contributed by atoms with Crippen molar-refractivity contribution in [2.24, 2.45) is 5.14 Å². The number of nitrogens with zero attached hydrogens (tertiary/aromatic N) is 1. The molecule has 9 heteroatoms. The van der Waals surface area contributed by atoms with Gasteiger partial charge in [0.2, 0.25) is 10.0 Å². The molecule has 3 aromatic rings. The van der Waals surface area contributed by atoms with Crippen molar-refractivity contribution in [1.29, 1.82) is 0 Å². The summed E-state index contributed by atoms with van der Waals surface area (Å²) in [4.78, 5) is 16.6. The van der Waals surface area contributed by atoms with Gasteiger partial charge >= 0.3 is 0 Å². The van der Waals surface area contributed by atoms with Crippen LogP contribution in [0.15, 0.2) is 58.8 Å². The van der Waals surface area contributed by atoms with Crippen molar-refractivity contribution in [3.63, 3.8) is 0 Å². The van der Waals surface area contributed by atoms with Crippen LogP contribution in [0.1, 0.15) is 21.1 Å². The number of anilines is 1. The molecule has 1 heterocycles. The lowest BCUT2D eigenvalue weighted by atomic mass is 10.2. The maximum Gasteiger partial charge on any atom is 0.255 e. The molecule has 7 nitrogen and oxygen atoms in total. The SMILES string of the molecule is Cc1nc(COc2ccc(C(=O)Nc3ccc(S(N)(=O)=O)cc3)cc2)cs1. The molecule has 27 heavy (non-hydrogen) atoms. The molecule has 0 spiro atoms. The van der Waals surface area contributed by atoms with Crippen LogP contribution in [-0.4, -0.2) is 19.3 Å². The van der Waals surface area contributed by atoms with E-state index in [2.05, 4.69) is 10.3 Å². The van der Waals surface area contributed by atoms with E-state index in [9.17, 15) is 13.2 Å². The summed E-state index contributed by atoms with van der Waals surface area (Å²) in [6.07, 6.45) is 0. The first-order valence-electron chi connectivity index (χ1n) is 7.89. The van der Waals surface area contributed by atoms with Crippen LogP contribution in [0.4, 0.5) is 5.69 Å². The number of primary sulfonamides is 1. The summed E-state index contributed by atoms with van der Waals surface area (Å²) in [5.41, 5.74) is 1.77. The summed E-state index contributed by atoms with van der Waals surface area (Å²) in [6.45, 7) is 2.30. The van der Waals surface area contributed by atoms with Crippen molar-refractivity contribution in [1.82, 2.24) is 4.98 Å². The highest BCUT2D eigenvalue weighted by atomic mass is 32.2. The third-order valence-corrected chi connectivity index (χ3v) is 5.36. The minimum absolute atomic E-state index is 0.0164. The molecule has 1 amide bonds. The molecule has 0 atom stereocenters. The minimum Gasteiger partial charge on any atom is -0.487 e. The zero-order valence-electron chi connectivity index (χ0n) is 14.4. The molecule has 0 saturated heterocycles. The van der Waals surface area contributed by atoms with Crippen molar-refractivity contribution in [2.45, 2.75) is 18.4 Å². The van der Waals surface area contributed by atoms with Gasteiger partial charge in [0, 0.05) is 16.6 Å². The maximum absolute atomic E-state index is 12.3. The molecule has 0 unspecified atom stereocenters. The largest absolute Gasteiger partial charge is 0.487 e. The van der Waals surface area contributed by atoms with Crippen LogP contribution in [0.3, 0.4) is 0 Å². The summed E-state index contributed by atoms with van der Waals surface area (Å²) in [7, 11) is -3.76. The van der Waals surface area contributed by atoms with Crippen molar-refractivity contribution in [3.8, 4) is 5.75 Å². The van der Waals surface area contributed by atoms with Crippen LogP contribution >= 0.6 is 11.3 Å². The number of thiazole rings is 1. The van der Waals surface area contributed by atoms with Crippen LogP contribution < -0.4 is 15.2 Å². The van der Waals surface area contributed by atoms with Crippen LogP contribution in [0.2, 0.25) is 0 Å². The third-order valence-electron chi connectivity index (χ3n) is 3.61. The Hall–Kier alpha value is -2.75. The lowest BCUT2D eigenvalue weighted by Gasteiger charge is -2.08. The van der Waals surface area contributed by atoms with Crippen LogP contribution in [0.5, 0.6) is 5.75 Å². The first-order valence-corrected chi connectivity index (χ1v) is 10.3. The number of aryl methyl sites for hydroxylation is 1. The van der Waals surface area contributed by atoms with Gasteiger partial charge in [0.05, 0.1) is 15.6 Å². The van der Waals surface area contributed by atoms with Gasteiger partial charge in [-0.05, 0) is 55.5 Å². The molecule has 1 aromatic heterocycles. The molecule has 0 aliphatic rings. The molecule has 0 radical (unpaired) electrons. The lowest BCUT2D eigenvalue weighted by Crippen LogP contribution is -2.13. The van der Waals surface area contributed by atoms with E-state index >= 15 is 0 Å². The predicted octanol–water partition coefficient (Wildman–Crippen LogP) is 2.93. The molecular weight excluding hydrogens is 386 g/mol. The molecule has 140 valence electrons. The standard InChI is InChI=1S/C18H17N3O4S2/c1-12-20-15(11-26-12)10-25-16-6-2-13(3-7-16)18(22)21-14-4-8-17(9-5-14)27(19,23)24/h2-9,11H,10H2,1H3,(H,21,22)(H2,19,23,24). The quantitative estimate of drug-likeness (QED) is 0.657. The molecule has 3 rings (SSSR count). The number of amides is 1. The number of carbonyl (C=O) groups is 1. The fourth-order valence-corrected chi connectivity index (χ4v) is 3.38. The highest BCUT2D eigenvalue weighted by Gasteiger charge is 2.10. The topological polar surface area (TPSA) is 111 Å². The van der Waals surface area contributed by atoms with E-state index < -0.39 is 10.0 Å². The first-order chi connectivity index (χ1) is 12.8. The van der Waals surface area contributed by atoms with Gasteiger partial charge in [-0.25, -0.2) is 18.5 Å². The zero-order chi connectivity index (χ0) is 19.4. The van der Waals surface area contributed by atoms with E-state index in [1.54, 1.807) is 35.6 Å². The van der Waals surface area contributed by atoms with E-state index in [-0.39, 0.29) is 10.8 Å². The summed E-state index contributed by atoms with van der Waals surface area (Å²) in [5, 5.41) is 10.7. The Morgan fingerprint density at radius 1 is 1.15 bits per heavy atom. The average molecular weight is 403 g/mol. The average Bonchev–Trinajstić information content (AvgIpc) is 3.05. The fourth-order valence-electron chi connectivity index (χ4n) is 2.27. The van der Waals surface area contributed by atoms with Gasteiger partial charge in [-0.3, -0.25) is 4.79 Å². The van der Waals surface area contributed by atoms with Crippen LogP contribution in [-0.2, 0) is 16.6 Å². The Labute approximate surface area is 160 Å². The Morgan fingerprint density at radius 2 is 1.81 bits per heavy atom. The number of nitrogens with one attached hydrogen (secondary N) is 1. The van der Waals surface area contributed by atoms with Gasteiger partial charge in [0.15, 0.2) is 0 Å². The number of carbonyl (C=O) groups excluding carboxylic acids is 1. The van der Waals surface area contributed by atoms with Crippen LogP contribution in [0, 0.1) is 6.92 Å². The van der Waals surface area contributed by atoms with Crippen LogP contribution in [0.25, 0.3) is 0 Å². The number of benzene rings is 2. The number of aromatic nitrogens is 1. The minimum atomic E-state index is -3.76. The fraction of sp³-hybridized carbons (Fsp3) is 0.111. The maximum atomic E-state index is 12.3. The summed E-state index contributed by atoms with van der Waals surface area (Å²) < 4.78 is 28.1. The van der Waals surface area contributed by atoms with Gasteiger partial charge in [-0.15, -0.1) is 11.3 Å². The van der Waals surface area contributed by atoms with E-state index in [4.69, 9.17) is 9.88 Å². The Morgan fingerprint density at radius 3 is 2.37 bits per heavy atom. The first kappa shape index (κ1) is 19.0. The predicted molar refractivity (Wildman–Crippen MR) is 103 cm³/mol. The molecule has 0 fully saturated rings. The van der Waals surface area contributed by atoms with Crippen molar-refractivity contribution in [3.05, 3.63) is 70.2 Å². The number of ether oxygens (including phenoxy) is 1. The van der Waals surface area contributed by atoms with Gasteiger partial charge in [-0.1, -0.05) is 0 Å². The van der Waals surface area contributed by atoms with E-state index in [1.807, 2.05) is 12.3 Å². The molecule has 0 aliphatic carbocycles. The second-order valence-electron chi connectivity index (χ2n) is 5.69. The second kappa shape index (κ2) is 7.87. The van der Waals surface area contributed by atoms with E-state index in [0.717, 1.165) is 10.7 Å². The van der Waals surface area contributed by atoms with Crippen molar-refractivity contribution >= 4 is 33.0 Å². The molecule has 0 saturated carbocycles. The Bertz CT molecular complexity index is 1040. The highest BCUT2D eigenvalue weighted by Crippen LogP contribution is 2.17. The van der Waals surface area contributed by atoms with E-state index in [1.165, 1.54) is 24.3 Å². The number of sulfonamides is 1. The highest BCUT2D eigenvalue weighted by molar-refractivity contribution is 7.89. The van der Waals surface area contributed by atoms with Crippen molar-refractivity contribution < 1.29 is 17.9 Å². The normalized spacial score (nSPS) is 11.2. The molecule has 3 N–H and O–H groups in total. The van der Waals surface area contributed by atoms with Gasteiger partial charge in [0.25, 0.3) is 5.91 Å². The Kier molecular flexibility index (Phi) is 5.54. The van der Waals surface area contributed by atoms with Gasteiger partial charge in [0.1, 0.15) is 12.4 Å². The number of hydrogen-bond donors (Lipinski definition) is 2. The smallest absolute Gasteiger partial charge is 0.255 e. The number of hydrogen-bond acceptors (Lipinski definition) is 6. The third kappa shape index (κ3) is 5.13. The van der Waals surface area contributed by atoms with Gasteiger partial charge < -0.3 is 10.1 Å². The molecular formula is C18H17N3O4S2.